The van der Waals surface area contributed by atoms with Gasteiger partial charge in [0.25, 0.3) is 5.91 Å². The number of benzene rings is 2. The van der Waals surface area contributed by atoms with E-state index in [1.165, 1.54) is 0 Å². The first-order valence-corrected chi connectivity index (χ1v) is 9.54. The van der Waals surface area contributed by atoms with Crippen LogP contribution in [-0.2, 0) is 11.3 Å². The molecule has 0 fully saturated rings. The first kappa shape index (κ1) is 21.4. The van der Waals surface area contributed by atoms with Crippen LogP contribution < -0.4 is 19.5 Å². The second-order valence-corrected chi connectivity index (χ2v) is 6.87. The Kier molecular flexibility index (Phi) is 6.79. The highest BCUT2D eigenvalue weighted by Gasteiger charge is 2.18. The Morgan fingerprint density at radius 1 is 1.17 bits per heavy atom. The second kappa shape index (κ2) is 9.49. The number of nitrogens with zero attached hydrogens (tertiary/aromatic N) is 2. The standard InChI is InChI=1S/C21H22ClN3O5/c1-12-9-15(6-8-17(12)22)29-13(2)21(26)23-11-19-24-20(25-30-19)16-7-5-14(27-3)10-18(16)28-4/h5-10,13H,11H2,1-4H3,(H,23,26)/t13-/m0/s1. The third-order valence-electron chi connectivity index (χ3n) is 4.34. The Labute approximate surface area is 179 Å². The number of methoxy groups -OCH3 is 2. The smallest absolute Gasteiger partial charge is 0.261 e. The maximum absolute atomic E-state index is 12.3. The molecule has 1 atom stereocenters. The molecular weight excluding hydrogens is 410 g/mol. The van der Waals surface area contributed by atoms with E-state index in [1.807, 2.05) is 6.92 Å². The molecule has 158 valence electrons. The van der Waals surface area contributed by atoms with Crippen molar-refractivity contribution >= 4 is 17.5 Å². The van der Waals surface area contributed by atoms with Crippen LogP contribution in [0.4, 0.5) is 0 Å². The van der Waals surface area contributed by atoms with Crippen molar-refractivity contribution in [1.82, 2.24) is 15.5 Å². The number of halogens is 1. The quantitative estimate of drug-likeness (QED) is 0.579. The fourth-order valence-corrected chi connectivity index (χ4v) is 2.79. The van der Waals surface area contributed by atoms with E-state index in [-0.39, 0.29) is 18.3 Å². The minimum Gasteiger partial charge on any atom is -0.497 e. The van der Waals surface area contributed by atoms with E-state index in [4.69, 9.17) is 30.3 Å². The van der Waals surface area contributed by atoms with Gasteiger partial charge >= 0.3 is 0 Å². The van der Waals surface area contributed by atoms with Gasteiger partial charge in [0, 0.05) is 11.1 Å². The summed E-state index contributed by atoms with van der Waals surface area (Å²) in [4.78, 5) is 16.6. The highest BCUT2D eigenvalue weighted by molar-refractivity contribution is 6.31. The summed E-state index contributed by atoms with van der Waals surface area (Å²) < 4.78 is 21.4. The highest BCUT2D eigenvalue weighted by Crippen LogP contribution is 2.31. The number of amides is 1. The van der Waals surface area contributed by atoms with E-state index in [1.54, 1.807) is 57.5 Å². The molecule has 1 N–H and O–H groups in total. The second-order valence-electron chi connectivity index (χ2n) is 6.47. The van der Waals surface area contributed by atoms with Crippen LogP contribution in [0.25, 0.3) is 11.4 Å². The van der Waals surface area contributed by atoms with Gasteiger partial charge in [-0.05, 0) is 49.7 Å². The minimum absolute atomic E-state index is 0.0671. The van der Waals surface area contributed by atoms with Crippen molar-refractivity contribution in [2.75, 3.05) is 14.2 Å². The van der Waals surface area contributed by atoms with Crippen LogP contribution in [0.1, 0.15) is 18.4 Å². The molecule has 1 amide bonds. The van der Waals surface area contributed by atoms with Crippen molar-refractivity contribution in [1.29, 1.82) is 0 Å². The lowest BCUT2D eigenvalue weighted by molar-refractivity contribution is -0.127. The fourth-order valence-electron chi connectivity index (χ4n) is 2.67. The Hall–Kier alpha value is -3.26. The number of carbonyl (C=O) groups is 1. The number of nitrogens with one attached hydrogen (secondary N) is 1. The molecule has 9 heteroatoms. The van der Waals surface area contributed by atoms with Gasteiger partial charge in [0.05, 0.1) is 26.3 Å². The first-order chi connectivity index (χ1) is 14.4. The van der Waals surface area contributed by atoms with E-state index in [2.05, 4.69) is 15.5 Å². The lowest BCUT2D eigenvalue weighted by Crippen LogP contribution is -2.36. The lowest BCUT2D eigenvalue weighted by atomic mass is 10.2. The van der Waals surface area contributed by atoms with Crippen LogP contribution in [0.15, 0.2) is 40.9 Å². The van der Waals surface area contributed by atoms with Gasteiger partial charge in [-0.15, -0.1) is 0 Å². The average molecular weight is 432 g/mol. The zero-order chi connectivity index (χ0) is 21.7. The van der Waals surface area contributed by atoms with Gasteiger partial charge in [-0.3, -0.25) is 4.79 Å². The lowest BCUT2D eigenvalue weighted by Gasteiger charge is -2.14. The van der Waals surface area contributed by atoms with Crippen molar-refractivity contribution in [3.05, 3.63) is 52.9 Å². The largest absolute Gasteiger partial charge is 0.497 e. The predicted octanol–water partition coefficient (Wildman–Crippen LogP) is 3.80. The summed E-state index contributed by atoms with van der Waals surface area (Å²) in [6, 6.07) is 10.5. The SMILES string of the molecule is COc1ccc(-c2noc(CNC(=O)[C@H](C)Oc3ccc(Cl)c(C)c3)n2)c(OC)c1. The molecule has 0 bridgehead atoms. The molecule has 0 saturated heterocycles. The van der Waals surface area contributed by atoms with Gasteiger partial charge in [0.2, 0.25) is 11.7 Å². The highest BCUT2D eigenvalue weighted by atomic mass is 35.5. The Morgan fingerprint density at radius 2 is 1.93 bits per heavy atom. The Balaban J connectivity index is 1.61. The zero-order valence-corrected chi connectivity index (χ0v) is 17.8. The number of rotatable bonds is 8. The molecule has 0 aliphatic rings. The van der Waals surface area contributed by atoms with Gasteiger partial charge in [-0.1, -0.05) is 16.8 Å². The van der Waals surface area contributed by atoms with Crippen molar-refractivity contribution in [2.24, 2.45) is 0 Å². The normalized spacial score (nSPS) is 11.6. The fraction of sp³-hybridized carbons (Fsp3) is 0.286. The summed E-state index contributed by atoms with van der Waals surface area (Å²) in [7, 11) is 3.12. The molecule has 3 rings (SSSR count). The van der Waals surface area contributed by atoms with Crippen LogP contribution in [0, 0.1) is 6.92 Å². The molecule has 0 aliphatic carbocycles. The van der Waals surface area contributed by atoms with E-state index in [9.17, 15) is 4.79 Å². The van der Waals surface area contributed by atoms with Crippen LogP contribution >= 0.6 is 11.6 Å². The van der Waals surface area contributed by atoms with Gasteiger partial charge < -0.3 is 24.1 Å². The molecule has 30 heavy (non-hydrogen) atoms. The van der Waals surface area contributed by atoms with Crippen LogP contribution in [-0.4, -0.2) is 36.4 Å². The van der Waals surface area contributed by atoms with Crippen molar-refractivity contribution in [3.63, 3.8) is 0 Å². The number of ether oxygens (including phenoxy) is 3. The van der Waals surface area contributed by atoms with Gasteiger partial charge in [-0.2, -0.15) is 4.98 Å². The van der Waals surface area contributed by atoms with Crippen molar-refractivity contribution in [3.8, 4) is 28.6 Å². The molecular formula is C21H22ClN3O5. The summed E-state index contributed by atoms with van der Waals surface area (Å²) in [5, 5.41) is 7.32. The zero-order valence-electron chi connectivity index (χ0n) is 17.1. The van der Waals surface area contributed by atoms with Crippen LogP contribution in [0.5, 0.6) is 17.2 Å². The first-order valence-electron chi connectivity index (χ1n) is 9.16. The number of carbonyl (C=O) groups excluding carboxylic acids is 1. The van der Waals surface area contributed by atoms with E-state index in [0.29, 0.717) is 33.7 Å². The van der Waals surface area contributed by atoms with E-state index < -0.39 is 6.10 Å². The molecule has 8 nitrogen and oxygen atoms in total. The number of aryl methyl sites for hydroxylation is 1. The number of hydrogen-bond acceptors (Lipinski definition) is 7. The van der Waals surface area contributed by atoms with Gasteiger partial charge in [0.1, 0.15) is 17.2 Å². The van der Waals surface area contributed by atoms with Gasteiger partial charge in [0.15, 0.2) is 6.10 Å². The Bertz CT molecular complexity index is 1040. The average Bonchev–Trinajstić information content (AvgIpc) is 3.22. The molecule has 1 heterocycles. The Morgan fingerprint density at radius 3 is 2.63 bits per heavy atom. The minimum atomic E-state index is -0.713. The van der Waals surface area contributed by atoms with Crippen molar-refractivity contribution < 1.29 is 23.5 Å². The molecule has 1 aromatic heterocycles. The molecule has 0 unspecified atom stereocenters. The molecule has 0 spiro atoms. The molecule has 0 aliphatic heterocycles. The monoisotopic (exact) mass is 431 g/mol. The summed E-state index contributed by atoms with van der Waals surface area (Å²) in [6.45, 7) is 3.59. The predicted molar refractivity (Wildman–Crippen MR) is 111 cm³/mol. The summed E-state index contributed by atoms with van der Waals surface area (Å²) in [5.41, 5.74) is 1.52. The third-order valence-corrected chi connectivity index (χ3v) is 4.77. The van der Waals surface area contributed by atoms with Crippen molar-refractivity contribution in [2.45, 2.75) is 26.5 Å². The maximum Gasteiger partial charge on any atom is 0.261 e. The van der Waals surface area contributed by atoms with E-state index in [0.717, 1.165) is 5.56 Å². The summed E-state index contributed by atoms with van der Waals surface area (Å²) in [6.07, 6.45) is -0.713. The molecule has 0 saturated carbocycles. The topological polar surface area (TPSA) is 95.7 Å². The van der Waals surface area contributed by atoms with Crippen LogP contribution in [0.2, 0.25) is 5.02 Å². The maximum atomic E-state index is 12.3. The van der Waals surface area contributed by atoms with Gasteiger partial charge in [-0.25, -0.2) is 0 Å². The van der Waals surface area contributed by atoms with Crippen LogP contribution in [0.3, 0.4) is 0 Å². The number of hydrogen-bond donors (Lipinski definition) is 1. The molecule has 3 aromatic rings. The summed E-state index contributed by atoms with van der Waals surface area (Å²) >= 11 is 6.01. The number of aromatic nitrogens is 2. The van der Waals surface area contributed by atoms with E-state index >= 15 is 0 Å². The third kappa shape index (κ3) is 5.01. The summed E-state index contributed by atoms with van der Waals surface area (Å²) in [5.74, 6) is 2.04. The molecule has 0 radical (unpaired) electrons. The molecule has 2 aromatic carbocycles.